The fourth-order valence-electron chi connectivity index (χ4n) is 9.04. The molecular weight excluding hydrogens is 795 g/mol. The van der Waals surface area contributed by atoms with E-state index in [0.29, 0.717) is 13.2 Å². The van der Waals surface area contributed by atoms with Crippen molar-refractivity contribution in [3.05, 3.63) is 248 Å². The lowest BCUT2D eigenvalue weighted by molar-refractivity contribution is 0.306. The van der Waals surface area contributed by atoms with Crippen LogP contribution in [0.5, 0.6) is 11.5 Å². The van der Waals surface area contributed by atoms with Crippen molar-refractivity contribution in [3.63, 3.8) is 0 Å². The minimum atomic E-state index is 0.451. The summed E-state index contributed by atoms with van der Waals surface area (Å²) in [5.74, 6) is 1.60. The zero-order valence-electron chi connectivity index (χ0n) is 35.8. The molecule has 11 aromatic rings. The molecule has 0 amide bonds. The van der Waals surface area contributed by atoms with Gasteiger partial charge in [0.2, 0.25) is 0 Å². The van der Waals surface area contributed by atoms with E-state index in [0.717, 1.165) is 95.0 Å². The highest BCUT2D eigenvalue weighted by Gasteiger charge is 2.21. The summed E-state index contributed by atoms with van der Waals surface area (Å²) < 4.78 is 17.8. The molecule has 0 fully saturated rings. The van der Waals surface area contributed by atoms with Gasteiger partial charge in [-0.3, -0.25) is 0 Å². The van der Waals surface area contributed by atoms with Crippen LogP contribution in [0.1, 0.15) is 22.3 Å². The SMILES string of the molecule is C=Cc1ccc(COc2ccc3c4ccccc4n(-c4cc(N(c5ccccc5)c5ccccc5)cc(-n5c6ccccc6c6ccc(OCc7ccc(C=C)cc7)cc65)c4)c3c2)cc1. The molecule has 0 bridgehead atoms. The summed E-state index contributed by atoms with van der Waals surface area (Å²) in [6.45, 7) is 8.71. The third kappa shape index (κ3) is 7.49. The van der Waals surface area contributed by atoms with Crippen molar-refractivity contribution < 1.29 is 9.47 Å². The van der Waals surface area contributed by atoms with Crippen LogP contribution in [0, 0.1) is 0 Å². The first kappa shape index (κ1) is 39.3. The van der Waals surface area contributed by atoms with E-state index < -0.39 is 0 Å². The van der Waals surface area contributed by atoms with Crippen molar-refractivity contribution in [2.75, 3.05) is 4.90 Å². The second kappa shape index (κ2) is 17.0. The van der Waals surface area contributed by atoms with Gasteiger partial charge in [-0.25, -0.2) is 0 Å². The lowest BCUT2D eigenvalue weighted by atomic mass is 10.1. The normalized spacial score (nSPS) is 11.3. The van der Waals surface area contributed by atoms with E-state index in [-0.39, 0.29) is 0 Å². The fourth-order valence-corrected chi connectivity index (χ4v) is 9.04. The van der Waals surface area contributed by atoms with E-state index >= 15 is 0 Å². The number of anilines is 3. The van der Waals surface area contributed by atoms with Gasteiger partial charge in [-0.05, 0) is 101 Å². The smallest absolute Gasteiger partial charge is 0.121 e. The molecule has 0 saturated carbocycles. The molecule has 312 valence electrons. The van der Waals surface area contributed by atoms with Crippen LogP contribution in [0.2, 0.25) is 0 Å². The molecule has 2 heterocycles. The summed E-state index contributed by atoms with van der Waals surface area (Å²) in [4.78, 5) is 2.34. The standard InChI is InChI=1S/C60H45N3O2/c1-3-42-23-27-44(28-24-42)40-64-51-31-33-55-53-19-11-13-21-57(53)62(59(55)38-51)49-35-48(61(46-15-7-5-8-16-46)47-17-9-6-10-18-47)36-50(37-49)63-58-22-14-12-20-54(58)56-34-32-52(39-60(56)63)65-41-45-29-25-43(4-2)26-30-45/h3-39H,1-2,40-41H2. The number of nitrogens with zero attached hydrogens (tertiary/aromatic N) is 3. The van der Waals surface area contributed by atoms with Crippen LogP contribution >= 0.6 is 0 Å². The van der Waals surface area contributed by atoms with Gasteiger partial charge in [-0.2, -0.15) is 0 Å². The Bertz CT molecular complexity index is 3280. The maximum Gasteiger partial charge on any atom is 0.121 e. The number of para-hydroxylation sites is 4. The monoisotopic (exact) mass is 839 g/mol. The lowest BCUT2D eigenvalue weighted by Crippen LogP contribution is -2.11. The number of ether oxygens (including phenoxy) is 2. The molecule has 65 heavy (non-hydrogen) atoms. The van der Waals surface area contributed by atoms with E-state index in [2.05, 4.69) is 240 Å². The quantitative estimate of drug-likeness (QED) is 0.116. The Hall–Kier alpha value is -8.54. The molecule has 2 aromatic heterocycles. The van der Waals surface area contributed by atoms with Gasteiger partial charge in [0, 0.05) is 45.1 Å². The summed E-state index contributed by atoms with van der Waals surface area (Å²) in [6, 6.07) is 75.0. The maximum absolute atomic E-state index is 6.52. The number of rotatable bonds is 13. The molecule has 0 radical (unpaired) electrons. The van der Waals surface area contributed by atoms with Gasteiger partial charge in [0.15, 0.2) is 0 Å². The summed E-state index contributed by atoms with van der Waals surface area (Å²) >= 11 is 0. The zero-order chi connectivity index (χ0) is 43.7. The van der Waals surface area contributed by atoms with Gasteiger partial charge in [0.05, 0.1) is 39.1 Å². The van der Waals surface area contributed by atoms with Crippen LogP contribution in [0.3, 0.4) is 0 Å². The minimum absolute atomic E-state index is 0.451. The second-order valence-electron chi connectivity index (χ2n) is 16.2. The van der Waals surface area contributed by atoms with Gasteiger partial charge in [0.25, 0.3) is 0 Å². The molecule has 0 unspecified atom stereocenters. The average Bonchev–Trinajstić information content (AvgIpc) is 3.88. The third-order valence-electron chi connectivity index (χ3n) is 12.2. The van der Waals surface area contributed by atoms with Crippen molar-refractivity contribution in [2.45, 2.75) is 13.2 Å². The Labute approximate surface area is 378 Å². The Kier molecular flexibility index (Phi) is 10.3. The molecule has 0 aliphatic rings. The Morgan fingerprint density at radius 2 is 0.769 bits per heavy atom. The molecule has 5 nitrogen and oxygen atoms in total. The van der Waals surface area contributed by atoms with Crippen LogP contribution in [-0.2, 0) is 13.2 Å². The predicted octanol–water partition coefficient (Wildman–Crippen LogP) is 15.8. The molecule has 11 rings (SSSR count). The van der Waals surface area contributed by atoms with E-state index in [9.17, 15) is 0 Å². The molecule has 0 aliphatic heterocycles. The van der Waals surface area contributed by atoms with Crippen LogP contribution in [0.4, 0.5) is 17.1 Å². The first-order valence-electron chi connectivity index (χ1n) is 21.9. The van der Waals surface area contributed by atoms with Gasteiger partial charge in [0.1, 0.15) is 24.7 Å². The lowest BCUT2D eigenvalue weighted by Gasteiger charge is -2.27. The van der Waals surface area contributed by atoms with E-state index in [1.807, 2.05) is 12.2 Å². The Morgan fingerprint density at radius 3 is 1.20 bits per heavy atom. The van der Waals surface area contributed by atoms with E-state index in [1.165, 1.54) is 10.8 Å². The number of fused-ring (bicyclic) bond motifs is 6. The van der Waals surface area contributed by atoms with Crippen molar-refractivity contribution >= 4 is 72.8 Å². The van der Waals surface area contributed by atoms with Crippen LogP contribution in [0.15, 0.2) is 225 Å². The zero-order valence-corrected chi connectivity index (χ0v) is 35.8. The molecule has 0 spiro atoms. The van der Waals surface area contributed by atoms with Crippen molar-refractivity contribution in [1.82, 2.24) is 9.13 Å². The summed E-state index contributed by atoms with van der Waals surface area (Å²) in [5.41, 5.74) is 13.8. The van der Waals surface area contributed by atoms with E-state index in [4.69, 9.17) is 9.47 Å². The molecule has 0 atom stereocenters. The molecular formula is C60H45N3O2. The number of benzene rings is 9. The predicted molar refractivity (Wildman–Crippen MR) is 272 cm³/mol. The first-order chi connectivity index (χ1) is 32.1. The highest BCUT2D eigenvalue weighted by Crippen LogP contribution is 2.42. The molecule has 9 aromatic carbocycles. The molecule has 0 N–H and O–H groups in total. The second-order valence-corrected chi connectivity index (χ2v) is 16.2. The number of aromatic nitrogens is 2. The number of hydrogen-bond donors (Lipinski definition) is 0. The summed E-state index contributed by atoms with van der Waals surface area (Å²) in [7, 11) is 0. The fraction of sp³-hybridized carbons (Fsp3) is 0.0333. The van der Waals surface area contributed by atoms with Gasteiger partial charge in [-0.15, -0.1) is 0 Å². The molecule has 0 aliphatic carbocycles. The largest absolute Gasteiger partial charge is 0.489 e. The summed E-state index contributed by atoms with van der Waals surface area (Å²) in [6.07, 6.45) is 3.71. The van der Waals surface area contributed by atoms with E-state index in [1.54, 1.807) is 0 Å². The Balaban J connectivity index is 1.13. The molecule has 0 saturated heterocycles. The maximum atomic E-state index is 6.52. The average molecular weight is 840 g/mol. The van der Waals surface area contributed by atoms with Crippen molar-refractivity contribution in [2.24, 2.45) is 0 Å². The third-order valence-corrected chi connectivity index (χ3v) is 12.2. The highest BCUT2D eigenvalue weighted by atomic mass is 16.5. The molecule has 5 heteroatoms. The minimum Gasteiger partial charge on any atom is -0.489 e. The van der Waals surface area contributed by atoms with Gasteiger partial charge in [-0.1, -0.05) is 147 Å². The van der Waals surface area contributed by atoms with Gasteiger partial charge >= 0.3 is 0 Å². The van der Waals surface area contributed by atoms with Crippen LogP contribution in [-0.4, -0.2) is 9.13 Å². The summed E-state index contributed by atoms with van der Waals surface area (Å²) in [5, 5.41) is 4.63. The van der Waals surface area contributed by atoms with Crippen molar-refractivity contribution in [1.29, 1.82) is 0 Å². The topological polar surface area (TPSA) is 31.6 Å². The highest BCUT2D eigenvalue weighted by molar-refractivity contribution is 6.11. The van der Waals surface area contributed by atoms with Crippen molar-refractivity contribution in [3.8, 4) is 22.9 Å². The van der Waals surface area contributed by atoms with Gasteiger partial charge < -0.3 is 23.5 Å². The first-order valence-corrected chi connectivity index (χ1v) is 21.9. The Morgan fingerprint density at radius 1 is 0.369 bits per heavy atom. The number of hydrogen-bond acceptors (Lipinski definition) is 3. The van der Waals surface area contributed by atoms with Crippen LogP contribution in [0.25, 0.3) is 67.1 Å². The van der Waals surface area contributed by atoms with Crippen LogP contribution < -0.4 is 14.4 Å².